The topological polar surface area (TPSA) is 50.7 Å². The van der Waals surface area contributed by atoms with Crippen molar-refractivity contribution >= 4 is 0 Å². The minimum absolute atomic E-state index is 0.131. The minimum atomic E-state index is -0.136. The molecule has 3 unspecified atom stereocenters. The Morgan fingerprint density at radius 3 is 2.83 bits per heavy atom. The molecule has 0 spiro atoms. The summed E-state index contributed by atoms with van der Waals surface area (Å²) < 4.78 is 11.4. The molecule has 1 aliphatic rings. The predicted molar refractivity (Wildman–Crippen MR) is 72.8 cm³/mol. The van der Waals surface area contributed by atoms with Crippen LogP contribution in [0.4, 0.5) is 0 Å². The van der Waals surface area contributed by atoms with Gasteiger partial charge < -0.3 is 19.9 Å². The number of hydrogen-bond acceptors (Lipinski definition) is 4. The number of aliphatic hydroxyl groups excluding tert-OH is 1. The SMILES string of the molecule is CCNC1(CO)CCCC(OC(C)COCC)C1. The van der Waals surface area contributed by atoms with Gasteiger partial charge >= 0.3 is 0 Å². The molecule has 2 N–H and O–H groups in total. The van der Waals surface area contributed by atoms with Gasteiger partial charge in [-0.1, -0.05) is 6.92 Å². The predicted octanol–water partition coefficient (Wildman–Crippen LogP) is 1.71. The third-order valence-corrected chi connectivity index (χ3v) is 3.64. The van der Waals surface area contributed by atoms with Crippen molar-refractivity contribution < 1.29 is 14.6 Å². The highest BCUT2D eigenvalue weighted by Crippen LogP contribution is 2.30. The Hall–Kier alpha value is -0.160. The monoisotopic (exact) mass is 259 g/mol. The number of aliphatic hydroxyl groups is 1. The molecule has 4 nitrogen and oxygen atoms in total. The van der Waals surface area contributed by atoms with E-state index in [0.717, 1.165) is 38.8 Å². The lowest BCUT2D eigenvalue weighted by Crippen LogP contribution is -2.53. The minimum Gasteiger partial charge on any atom is -0.394 e. The van der Waals surface area contributed by atoms with Crippen LogP contribution in [0.5, 0.6) is 0 Å². The van der Waals surface area contributed by atoms with Crippen LogP contribution in [-0.2, 0) is 9.47 Å². The van der Waals surface area contributed by atoms with Crippen LogP contribution < -0.4 is 5.32 Å². The molecule has 0 aromatic rings. The summed E-state index contributed by atoms with van der Waals surface area (Å²) in [6.07, 6.45) is 4.50. The average Bonchev–Trinajstić information content (AvgIpc) is 2.37. The van der Waals surface area contributed by atoms with Gasteiger partial charge in [0, 0.05) is 12.1 Å². The lowest BCUT2D eigenvalue weighted by atomic mass is 9.80. The van der Waals surface area contributed by atoms with Crippen LogP contribution >= 0.6 is 0 Å². The smallest absolute Gasteiger partial charge is 0.0784 e. The molecule has 18 heavy (non-hydrogen) atoms. The van der Waals surface area contributed by atoms with Gasteiger partial charge in [0.2, 0.25) is 0 Å². The third kappa shape index (κ3) is 4.84. The molecule has 108 valence electrons. The van der Waals surface area contributed by atoms with Crippen molar-refractivity contribution in [2.24, 2.45) is 0 Å². The summed E-state index contributed by atoms with van der Waals surface area (Å²) in [5, 5.41) is 13.1. The van der Waals surface area contributed by atoms with Crippen molar-refractivity contribution in [3.63, 3.8) is 0 Å². The molecule has 0 aliphatic heterocycles. The van der Waals surface area contributed by atoms with Crippen LogP contribution in [0.1, 0.15) is 46.5 Å². The molecule has 1 fully saturated rings. The lowest BCUT2D eigenvalue weighted by molar-refractivity contribution is -0.0770. The molecule has 0 aromatic carbocycles. The molecule has 1 rings (SSSR count). The molecule has 0 aromatic heterocycles. The van der Waals surface area contributed by atoms with Gasteiger partial charge in [0.1, 0.15) is 0 Å². The van der Waals surface area contributed by atoms with Gasteiger partial charge in [0.15, 0.2) is 0 Å². The van der Waals surface area contributed by atoms with E-state index in [9.17, 15) is 5.11 Å². The molecule has 0 saturated heterocycles. The molecule has 0 amide bonds. The standard InChI is InChI=1S/C14H29NO3/c1-4-15-14(11-16)8-6-7-13(9-14)18-12(3)10-17-5-2/h12-13,15-16H,4-11H2,1-3H3. The summed E-state index contributed by atoms with van der Waals surface area (Å²) in [6.45, 7) is 8.60. The van der Waals surface area contributed by atoms with Crippen molar-refractivity contribution in [3.8, 4) is 0 Å². The molecule has 0 bridgehead atoms. The molecule has 4 heteroatoms. The Bertz CT molecular complexity index is 221. The van der Waals surface area contributed by atoms with E-state index < -0.39 is 0 Å². The van der Waals surface area contributed by atoms with Crippen molar-refractivity contribution in [1.29, 1.82) is 0 Å². The van der Waals surface area contributed by atoms with Gasteiger partial charge in [-0.25, -0.2) is 0 Å². The first-order valence-electron chi connectivity index (χ1n) is 7.25. The maximum absolute atomic E-state index is 9.62. The second kappa shape index (κ2) is 8.10. The number of nitrogens with one attached hydrogen (secondary N) is 1. The lowest BCUT2D eigenvalue weighted by Gasteiger charge is -2.41. The molecule has 1 saturated carbocycles. The van der Waals surface area contributed by atoms with Gasteiger partial charge in [-0.15, -0.1) is 0 Å². The van der Waals surface area contributed by atoms with Gasteiger partial charge in [-0.05, 0) is 46.1 Å². The summed E-state index contributed by atoms with van der Waals surface area (Å²) in [4.78, 5) is 0. The highest BCUT2D eigenvalue weighted by atomic mass is 16.5. The Balaban J connectivity index is 2.42. The van der Waals surface area contributed by atoms with E-state index in [1.165, 1.54) is 0 Å². The van der Waals surface area contributed by atoms with Gasteiger partial charge in [-0.3, -0.25) is 0 Å². The van der Waals surface area contributed by atoms with E-state index in [1.807, 2.05) is 6.92 Å². The highest BCUT2D eigenvalue weighted by molar-refractivity contribution is 4.93. The van der Waals surface area contributed by atoms with Gasteiger partial charge in [0.05, 0.1) is 25.4 Å². The average molecular weight is 259 g/mol. The molecule has 0 radical (unpaired) electrons. The van der Waals surface area contributed by atoms with Crippen LogP contribution in [0, 0.1) is 0 Å². The van der Waals surface area contributed by atoms with E-state index in [4.69, 9.17) is 9.47 Å². The summed E-state index contributed by atoms with van der Waals surface area (Å²) in [5.41, 5.74) is -0.136. The zero-order chi connectivity index (χ0) is 13.4. The van der Waals surface area contributed by atoms with Crippen molar-refractivity contribution in [1.82, 2.24) is 5.32 Å². The maximum atomic E-state index is 9.62. The summed E-state index contributed by atoms with van der Waals surface area (Å²) in [7, 11) is 0. The highest BCUT2D eigenvalue weighted by Gasteiger charge is 2.36. The quantitative estimate of drug-likeness (QED) is 0.697. The molecular formula is C14H29NO3. The largest absolute Gasteiger partial charge is 0.394 e. The number of ether oxygens (including phenoxy) is 2. The van der Waals surface area contributed by atoms with E-state index in [-0.39, 0.29) is 24.4 Å². The first-order valence-corrected chi connectivity index (χ1v) is 7.25. The summed E-state index contributed by atoms with van der Waals surface area (Å²) in [5.74, 6) is 0. The summed E-state index contributed by atoms with van der Waals surface area (Å²) >= 11 is 0. The fraction of sp³-hybridized carbons (Fsp3) is 1.00. The molecule has 3 atom stereocenters. The maximum Gasteiger partial charge on any atom is 0.0784 e. The van der Waals surface area contributed by atoms with Gasteiger partial charge in [0.25, 0.3) is 0 Å². The van der Waals surface area contributed by atoms with E-state index in [2.05, 4.69) is 19.2 Å². The summed E-state index contributed by atoms with van der Waals surface area (Å²) in [6, 6.07) is 0. The molecule has 0 heterocycles. The van der Waals surface area contributed by atoms with Crippen molar-refractivity contribution in [2.75, 3.05) is 26.4 Å². The van der Waals surface area contributed by atoms with Gasteiger partial charge in [-0.2, -0.15) is 0 Å². The van der Waals surface area contributed by atoms with E-state index >= 15 is 0 Å². The van der Waals surface area contributed by atoms with Crippen LogP contribution in [-0.4, -0.2) is 49.2 Å². The fourth-order valence-corrected chi connectivity index (χ4v) is 2.81. The van der Waals surface area contributed by atoms with Crippen LogP contribution in [0.25, 0.3) is 0 Å². The normalized spacial score (nSPS) is 30.3. The Labute approximate surface area is 111 Å². The number of likely N-dealkylation sites (N-methyl/N-ethyl adjacent to an activating group) is 1. The first-order chi connectivity index (χ1) is 8.65. The third-order valence-electron chi connectivity index (χ3n) is 3.64. The second-order valence-electron chi connectivity index (χ2n) is 5.29. The van der Waals surface area contributed by atoms with Crippen LogP contribution in [0.15, 0.2) is 0 Å². The van der Waals surface area contributed by atoms with Crippen molar-refractivity contribution in [2.45, 2.75) is 64.2 Å². The van der Waals surface area contributed by atoms with E-state index in [1.54, 1.807) is 0 Å². The zero-order valence-electron chi connectivity index (χ0n) is 12.1. The van der Waals surface area contributed by atoms with E-state index in [0.29, 0.717) is 6.61 Å². The number of rotatable bonds is 8. The fourth-order valence-electron chi connectivity index (χ4n) is 2.81. The van der Waals surface area contributed by atoms with Crippen LogP contribution in [0.2, 0.25) is 0 Å². The number of hydrogen-bond donors (Lipinski definition) is 2. The molecule has 1 aliphatic carbocycles. The second-order valence-corrected chi connectivity index (χ2v) is 5.29. The van der Waals surface area contributed by atoms with Crippen molar-refractivity contribution in [3.05, 3.63) is 0 Å². The molecular weight excluding hydrogens is 230 g/mol. The Kier molecular flexibility index (Phi) is 7.15. The Morgan fingerprint density at radius 2 is 2.22 bits per heavy atom. The Morgan fingerprint density at radius 1 is 1.44 bits per heavy atom. The first kappa shape index (κ1) is 15.9. The van der Waals surface area contributed by atoms with Crippen LogP contribution in [0.3, 0.4) is 0 Å². The zero-order valence-corrected chi connectivity index (χ0v) is 12.1.